The van der Waals surface area contributed by atoms with Crippen LogP contribution in [-0.4, -0.2) is 34.3 Å². The number of hydrogen-bond donors (Lipinski definition) is 2. The number of hydrogen-bond acceptors (Lipinski definition) is 4. The van der Waals surface area contributed by atoms with E-state index in [-0.39, 0.29) is 24.6 Å². The Morgan fingerprint density at radius 3 is 2.55 bits per heavy atom. The van der Waals surface area contributed by atoms with Crippen molar-refractivity contribution in [2.24, 2.45) is 0 Å². The van der Waals surface area contributed by atoms with Gasteiger partial charge in [0.2, 0.25) is 5.91 Å². The number of nitrogens with one attached hydrogen (secondary N) is 2. The van der Waals surface area contributed by atoms with Crippen LogP contribution in [0, 0.1) is 6.92 Å². The first-order valence-electron chi connectivity index (χ1n) is 13.1. The first kappa shape index (κ1) is 25.7. The van der Waals surface area contributed by atoms with Gasteiger partial charge in [-0.25, -0.2) is 0 Å². The summed E-state index contributed by atoms with van der Waals surface area (Å²) >= 11 is 5.95. The molecule has 2 atom stereocenters. The van der Waals surface area contributed by atoms with E-state index in [1.54, 1.807) is 0 Å². The number of pyridine rings is 1. The topological polar surface area (TPSA) is 71.4 Å². The molecule has 0 bridgehead atoms. The standard InChI is InChI=1S/C32H29N5O2S/c1-21-18-25(14-15-26(21)34-29(38)20-39-2)37-31(30(35-32(37)40)27-10-5-6-16-33-27)28-11-7-17-36(28)24-13-12-22-8-3-4-9-23(22)19-24/h3-19,30-31H,20H2,1-2H3,(H,34,38)(H,35,40)/t30-,31+/m1/s1. The SMILES string of the molecule is COCC(=O)Nc1ccc(N2C(=S)N[C@H](c3ccccn3)[C@@H]2c2cccn2-c2ccc3ccccc3c2)cc1C. The van der Waals surface area contributed by atoms with Gasteiger partial charge in [-0.3, -0.25) is 9.78 Å². The van der Waals surface area contributed by atoms with Crippen LogP contribution in [0.2, 0.25) is 0 Å². The average molecular weight is 548 g/mol. The van der Waals surface area contributed by atoms with Crippen molar-refractivity contribution >= 4 is 45.4 Å². The highest BCUT2D eigenvalue weighted by Gasteiger charge is 2.42. The summed E-state index contributed by atoms with van der Waals surface area (Å²) in [6, 6.07) is 30.6. The molecule has 1 saturated heterocycles. The van der Waals surface area contributed by atoms with Crippen LogP contribution in [0.1, 0.15) is 29.0 Å². The molecule has 0 aliphatic carbocycles. The lowest BCUT2D eigenvalue weighted by atomic mass is 10.00. The molecule has 5 aromatic rings. The van der Waals surface area contributed by atoms with E-state index in [0.717, 1.165) is 34.0 Å². The Kier molecular flexibility index (Phi) is 7.02. The molecule has 7 nitrogen and oxygen atoms in total. The van der Waals surface area contributed by atoms with Gasteiger partial charge >= 0.3 is 0 Å². The number of benzene rings is 3. The first-order chi connectivity index (χ1) is 19.5. The molecule has 0 saturated carbocycles. The quantitative estimate of drug-likeness (QED) is 0.240. The molecule has 1 fully saturated rings. The molecule has 2 aromatic heterocycles. The van der Waals surface area contributed by atoms with Crippen molar-refractivity contribution in [3.8, 4) is 5.69 Å². The van der Waals surface area contributed by atoms with E-state index in [9.17, 15) is 4.79 Å². The van der Waals surface area contributed by atoms with E-state index >= 15 is 0 Å². The van der Waals surface area contributed by atoms with Crippen LogP contribution in [0.15, 0.2) is 103 Å². The van der Waals surface area contributed by atoms with Crippen LogP contribution in [0.3, 0.4) is 0 Å². The van der Waals surface area contributed by atoms with Gasteiger partial charge in [0.25, 0.3) is 0 Å². The zero-order valence-electron chi connectivity index (χ0n) is 22.2. The third kappa shape index (κ3) is 4.83. The van der Waals surface area contributed by atoms with Gasteiger partial charge in [0.1, 0.15) is 12.6 Å². The molecule has 1 aliphatic rings. The molecule has 1 aliphatic heterocycles. The van der Waals surface area contributed by atoms with E-state index in [4.69, 9.17) is 21.9 Å². The number of aryl methyl sites for hydroxylation is 1. The van der Waals surface area contributed by atoms with Gasteiger partial charge < -0.3 is 24.8 Å². The number of thiocarbonyl (C=S) groups is 1. The number of carbonyl (C=O) groups is 1. The number of anilines is 2. The molecule has 2 N–H and O–H groups in total. The zero-order chi connectivity index (χ0) is 27.6. The average Bonchev–Trinajstić information content (AvgIpc) is 3.59. The van der Waals surface area contributed by atoms with Gasteiger partial charge in [0.15, 0.2) is 5.11 Å². The van der Waals surface area contributed by atoms with Crippen LogP contribution in [0.25, 0.3) is 16.5 Å². The molecule has 0 spiro atoms. The predicted molar refractivity (Wildman–Crippen MR) is 163 cm³/mol. The Balaban J connectivity index is 1.44. The van der Waals surface area contributed by atoms with Crippen LogP contribution < -0.4 is 15.5 Å². The van der Waals surface area contributed by atoms with Gasteiger partial charge in [0, 0.05) is 42.3 Å². The molecule has 3 aromatic carbocycles. The third-order valence-electron chi connectivity index (χ3n) is 7.23. The number of fused-ring (bicyclic) bond motifs is 1. The fourth-order valence-corrected chi connectivity index (χ4v) is 5.73. The van der Waals surface area contributed by atoms with E-state index in [1.807, 2.05) is 49.5 Å². The second kappa shape index (κ2) is 10.9. The smallest absolute Gasteiger partial charge is 0.250 e. The number of ether oxygens (including phenoxy) is 1. The van der Waals surface area contributed by atoms with E-state index in [0.29, 0.717) is 5.11 Å². The number of aromatic nitrogens is 2. The highest BCUT2D eigenvalue weighted by Crippen LogP contribution is 2.43. The van der Waals surface area contributed by atoms with E-state index < -0.39 is 0 Å². The lowest BCUT2D eigenvalue weighted by Gasteiger charge is -2.29. The zero-order valence-corrected chi connectivity index (χ0v) is 23.1. The molecule has 200 valence electrons. The molecule has 8 heteroatoms. The number of rotatable bonds is 7. The Morgan fingerprint density at radius 1 is 0.975 bits per heavy atom. The van der Waals surface area contributed by atoms with E-state index in [1.165, 1.54) is 17.9 Å². The maximum atomic E-state index is 12.1. The molecule has 40 heavy (non-hydrogen) atoms. The predicted octanol–water partition coefficient (Wildman–Crippen LogP) is 6.10. The summed E-state index contributed by atoms with van der Waals surface area (Å²) in [6.45, 7) is 1.97. The molecule has 1 amide bonds. The molecule has 0 unspecified atom stereocenters. The minimum Gasteiger partial charge on any atom is -0.375 e. The lowest BCUT2D eigenvalue weighted by Crippen LogP contribution is -2.30. The van der Waals surface area contributed by atoms with Crippen molar-refractivity contribution in [2.75, 3.05) is 23.9 Å². The molecule has 0 radical (unpaired) electrons. The van der Waals surface area contributed by atoms with Crippen molar-refractivity contribution in [3.05, 3.63) is 120 Å². The fourth-order valence-electron chi connectivity index (χ4n) is 5.39. The van der Waals surface area contributed by atoms with Crippen LogP contribution in [0.5, 0.6) is 0 Å². The van der Waals surface area contributed by atoms with Crippen molar-refractivity contribution in [1.82, 2.24) is 14.9 Å². The second-order valence-electron chi connectivity index (χ2n) is 9.81. The Morgan fingerprint density at radius 2 is 1.77 bits per heavy atom. The lowest BCUT2D eigenvalue weighted by molar-refractivity contribution is -0.119. The summed E-state index contributed by atoms with van der Waals surface area (Å²) in [5, 5.41) is 9.45. The normalized spacial score (nSPS) is 16.8. The molecule has 6 rings (SSSR count). The Labute approximate surface area is 238 Å². The molecule has 3 heterocycles. The summed E-state index contributed by atoms with van der Waals surface area (Å²) in [5.74, 6) is -0.196. The fraction of sp³-hybridized carbons (Fsp3) is 0.156. The third-order valence-corrected chi connectivity index (χ3v) is 7.54. The summed E-state index contributed by atoms with van der Waals surface area (Å²) in [6.07, 6.45) is 3.90. The monoisotopic (exact) mass is 547 g/mol. The minimum absolute atomic E-state index is 0.000906. The van der Waals surface area contributed by atoms with Gasteiger partial charge in [-0.1, -0.05) is 36.4 Å². The number of nitrogens with zero attached hydrogens (tertiary/aromatic N) is 3. The van der Waals surface area contributed by atoms with Crippen molar-refractivity contribution in [1.29, 1.82) is 0 Å². The number of methoxy groups -OCH3 is 1. The second-order valence-corrected chi connectivity index (χ2v) is 10.2. The van der Waals surface area contributed by atoms with Gasteiger partial charge in [-0.15, -0.1) is 0 Å². The van der Waals surface area contributed by atoms with Gasteiger partial charge in [0.05, 0.1) is 11.7 Å². The summed E-state index contributed by atoms with van der Waals surface area (Å²) in [7, 11) is 1.50. The highest BCUT2D eigenvalue weighted by atomic mass is 32.1. The van der Waals surface area contributed by atoms with Crippen molar-refractivity contribution in [3.63, 3.8) is 0 Å². The van der Waals surface area contributed by atoms with Crippen LogP contribution >= 0.6 is 12.2 Å². The highest BCUT2D eigenvalue weighted by molar-refractivity contribution is 7.80. The number of amides is 1. The molecular formula is C32H29N5O2S. The van der Waals surface area contributed by atoms with Gasteiger partial charge in [-0.05, 0) is 90.1 Å². The van der Waals surface area contributed by atoms with Crippen LogP contribution in [0.4, 0.5) is 11.4 Å². The molecular weight excluding hydrogens is 518 g/mol. The van der Waals surface area contributed by atoms with Crippen molar-refractivity contribution in [2.45, 2.75) is 19.0 Å². The number of carbonyl (C=O) groups excluding carboxylic acids is 1. The van der Waals surface area contributed by atoms with Crippen molar-refractivity contribution < 1.29 is 9.53 Å². The Bertz CT molecular complexity index is 1700. The summed E-state index contributed by atoms with van der Waals surface area (Å²) < 4.78 is 7.19. The maximum absolute atomic E-state index is 12.1. The minimum atomic E-state index is -0.196. The van der Waals surface area contributed by atoms with E-state index in [2.05, 4.69) is 80.9 Å². The van der Waals surface area contributed by atoms with Crippen LogP contribution in [-0.2, 0) is 9.53 Å². The first-order valence-corrected chi connectivity index (χ1v) is 13.5. The largest absolute Gasteiger partial charge is 0.375 e. The maximum Gasteiger partial charge on any atom is 0.250 e. The van der Waals surface area contributed by atoms with Gasteiger partial charge in [-0.2, -0.15) is 0 Å². The Hall–Kier alpha value is -4.53. The summed E-state index contributed by atoms with van der Waals surface area (Å²) in [4.78, 5) is 19.0. The summed E-state index contributed by atoms with van der Waals surface area (Å²) in [5.41, 5.74) is 5.64.